The van der Waals surface area contributed by atoms with Gasteiger partial charge in [0.25, 0.3) is 0 Å². The van der Waals surface area contributed by atoms with Crippen molar-refractivity contribution in [3.8, 4) is 0 Å². The summed E-state index contributed by atoms with van der Waals surface area (Å²) >= 11 is 0. The highest BCUT2D eigenvalue weighted by Gasteiger charge is 2.41. The van der Waals surface area contributed by atoms with Crippen LogP contribution in [0.1, 0.15) is 20.3 Å². The molecule has 5 heterocycles. The van der Waals surface area contributed by atoms with Crippen molar-refractivity contribution in [3.05, 3.63) is 30.7 Å². The summed E-state index contributed by atoms with van der Waals surface area (Å²) in [4.78, 5) is 32.6. The van der Waals surface area contributed by atoms with Gasteiger partial charge >= 0.3 is 6.03 Å². The molecule has 2 aromatic heterocycles. The standard InChI is InChI=1S/C20H25N7O2/c1-20(2)13-26(9-10-29-20)17-4-3-15-18(24-17)27(14-5-8-25(15)12-14)19(28)23-16-11-21-6-7-22-16/h3-4,6-7,11,14H,5,8-10,12-13H2,1-2H3,(H,22,23,28)/t14-/m0/s1. The van der Waals surface area contributed by atoms with Gasteiger partial charge in [-0.1, -0.05) is 0 Å². The maximum atomic E-state index is 13.2. The number of hydrogen-bond acceptors (Lipinski definition) is 7. The molecule has 5 rings (SSSR count). The normalized spacial score (nSPS) is 22.4. The van der Waals surface area contributed by atoms with Crippen LogP contribution in [0.4, 0.5) is 27.9 Å². The average molecular weight is 395 g/mol. The van der Waals surface area contributed by atoms with E-state index in [1.54, 1.807) is 23.5 Å². The zero-order chi connectivity index (χ0) is 20.0. The second-order valence-electron chi connectivity index (χ2n) is 8.32. The summed E-state index contributed by atoms with van der Waals surface area (Å²) in [5, 5.41) is 2.87. The lowest BCUT2D eigenvalue weighted by molar-refractivity contribution is -0.0279. The van der Waals surface area contributed by atoms with Crippen LogP contribution in [0, 0.1) is 0 Å². The van der Waals surface area contributed by atoms with Gasteiger partial charge in [0.1, 0.15) is 5.82 Å². The van der Waals surface area contributed by atoms with Gasteiger partial charge in [0.15, 0.2) is 11.6 Å². The molecule has 1 atom stereocenters. The Morgan fingerprint density at radius 2 is 2.14 bits per heavy atom. The van der Waals surface area contributed by atoms with Gasteiger partial charge < -0.3 is 14.5 Å². The number of fused-ring (bicyclic) bond motifs is 4. The molecule has 0 aromatic carbocycles. The van der Waals surface area contributed by atoms with Crippen LogP contribution in [0.25, 0.3) is 0 Å². The fourth-order valence-corrected chi connectivity index (χ4v) is 4.38. The number of nitrogens with one attached hydrogen (secondary N) is 1. The Labute approximate surface area is 169 Å². The zero-order valence-electron chi connectivity index (χ0n) is 16.7. The first-order valence-corrected chi connectivity index (χ1v) is 10.0. The maximum Gasteiger partial charge on any atom is 0.329 e. The molecule has 2 aromatic rings. The highest BCUT2D eigenvalue weighted by Crippen LogP contribution is 2.40. The van der Waals surface area contributed by atoms with Gasteiger partial charge in [0.05, 0.1) is 30.1 Å². The molecule has 2 fully saturated rings. The van der Waals surface area contributed by atoms with Gasteiger partial charge in [0, 0.05) is 38.6 Å². The van der Waals surface area contributed by atoms with Gasteiger partial charge in [-0.15, -0.1) is 0 Å². The van der Waals surface area contributed by atoms with Crippen molar-refractivity contribution in [2.75, 3.05) is 52.8 Å². The molecule has 2 saturated heterocycles. The number of nitrogens with zero attached hydrogens (tertiary/aromatic N) is 6. The summed E-state index contributed by atoms with van der Waals surface area (Å²) in [7, 11) is 0. The predicted molar refractivity (Wildman–Crippen MR) is 111 cm³/mol. The van der Waals surface area contributed by atoms with Gasteiger partial charge in [-0.3, -0.25) is 15.2 Å². The minimum absolute atomic E-state index is 0.100. The van der Waals surface area contributed by atoms with Crippen LogP contribution in [0.5, 0.6) is 0 Å². The fraction of sp³-hybridized carbons (Fsp3) is 0.500. The molecule has 29 heavy (non-hydrogen) atoms. The monoisotopic (exact) mass is 395 g/mol. The van der Waals surface area contributed by atoms with Crippen LogP contribution in [0.2, 0.25) is 0 Å². The van der Waals surface area contributed by atoms with Crippen LogP contribution in [-0.2, 0) is 4.74 Å². The third-order valence-electron chi connectivity index (χ3n) is 5.70. The number of carbonyl (C=O) groups is 1. The lowest BCUT2D eigenvalue weighted by Crippen LogP contribution is -2.50. The predicted octanol–water partition coefficient (Wildman–Crippen LogP) is 2.12. The molecule has 0 saturated carbocycles. The van der Waals surface area contributed by atoms with Crippen molar-refractivity contribution in [1.82, 2.24) is 15.0 Å². The molecule has 3 aliphatic heterocycles. The van der Waals surface area contributed by atoms with E-state index in [9.17, 15) is 4.79 Å². The summed E-state index contributed by atoms with van der Waals surface area (Å²) in [6, 6.07) is 4.02. The lowest BCUT2D eigenvalue weighted by atomic mass is 10.1. The largest absolute Gasteiger partial charge is 0.372 e. The molecule has 0 aliphatic carbocycles. The minimum Gasteiger partial charge on any atom is -0.372 e. The zero-order valence-corrected chi connectivity index (χ0v) is 16.7. The van der Waals surface area contributed by atoms with E-state index in [0.29, 0.717) is 18.2 Å². The maximum absolute atomic E-state index is 13.2. The van der Waals surface area contributed by atoms with Gasteiger partial charge in [-0.2, -0.15) is 0 Å². The van der Waals surface area contributed by atoms with Crippen LogP contribution in [-0.4, -0.2) is 65.4 Å². The smallest absolute Gasteiger partial charge is 0.329 e. The molecule has 3 aliphatic rings. The molecular weight excluding hydrogens is 370 g/mol. The lowest BCUT2D eigenvalue weighted by Gasteiger charge is -2.40. The Morgan fingerprint density at radius 3 is 2.93 bits per heavy atom. The molecule has 2 bridgehead atoms. The number of morpholine rings is 1. The first-order chi connectivity index (χ1) is 14.0. The SMILES string of the molecule is CC1(C)CN(c2ccc3c(n2)N(C(=O)Nc2cnccn2)[C@H]2CCN3C2)CCO1. The minimum atomic E-state index is -0.221. The third kappa shape index (κ3) is 3.35. The third-order valence-corrected chi connectivity index (χ3v) is 5.70. The molecule has 2 amide bonds. The van der Waals surface area contributed by atoms with Crippen molar-refractivity contribution < 1.29 is 9.53 Å². The van der Waals surface area contributed by atoms with Crippen molar-refractivity contribution in [1.29, 1.82) is 0 Å². The number of urea groups is 1. The van der Waals surface area contributed by atoms with Gasteiger partial charge in [-0.05, 0) is 32.4 Å². The van der Waals surface area contributed by atoms with Crippen LogP contribution in [0.3, 0.4) is 0 Å². The molecule has 9 nitrogen and oxygen atoms in total. The Bertz CT molecular complexity index is 920. The Balaban J connectivity index is 1.47. The number of pyridine rings is 1. The fourth-order valence-electron chi connectivity index (χ4n) is 4.38. The van der Waals surface area contributed by atoms with Crippen LogP contribution in [0.15, 0.2) is 30.7 Å². The number of rotatable bonds is 2. The van der Waals surface area contributed by atoms with E-state index >= 15 is 0 Å². The van der Waals surface area contributed by atoms with E-state index in [2.05, 4.69) is 51.1 Å². The highest BCUT2D eigenvalue weighted by atomic mass is 16.5. The first kappa shape index (κ1) is 18.1. The molecule has 9 heteroatoms. The highest BCUT2D eigenvalue weighted by molar-refractivity contribution is 6.04. The molecule has 0 radical (unpaired) electrons. The van der Waals surface area contributed by atoms with Gasteiger partial charge in [-0.25, -0.2) is 14.8 Å². The van der Waals surface area contributed by atoms with E-state index < -0.39 is 0 Å². The first-order valence-electron chi connectivity index (χ1n) is 10.0. The molecule has 0 unspecified atom stereocenters. The Hall–Kier alpha value is -2.94. The Kier molecular flexibility index (Phi) is 4.27. The summed E-state index contributed by atoms with van der Waals surface area (Å²) in [6.45, 7) is 8.14. The van der Waals surface area contributed by atoms with Crippen LogP contribution >= 0.6 is 0 Å². The number of carbonyl (C=O) groups excluding carboxylic acids is 1. The van der Waals surface area contributed by atoms with Crippen molar-refractivity contribution in [2.45, 2.75) is 31.9 Å². The molecule has 1 N–H and O–H groups in total. The number of ether oxygens (including phenoxy) is 1. The molecular formula is C20H25N7O2. The van der Waals surface area contributed by atoms with Crippen LogP contribution < -0.4 is 20.0 Å². The summed E-state index contributed by atoms with van der Waals surface area (Å²) in [5.74, 6) is 2.02. The summed E-state index contributed by atoms with van der Waals surface area (Å²) < 4.78 is 5.83. The van der Waals surface area contributed by atoms with E-state index in [4.69, 9.17) is 9.72 Å². The van der Waals surface area contributed by atoms with E-state index in [1.165, 1.54) is 0 Å². The number of aromatic nitrogens is 3. The number of amides is 2. The summed E-state index contributed by atoms with van der Waals surface area (Å²) in [5.41, 5.74) is 0.783. The van der Waals surface area contributed by atoms with Crippen molar-refractivity contribution in [3.63, 3.8) is 0 Å². The quantitative estimate of drug-likeness (QED) is 0.833. The average Bonchev–Trinajstić information content (AvgIpc) is 3.12. The molecule has 152 valence electrons. The van der Waals surface area contributed by atoms with Crippen molar-refractivity contribution in [2.24, 2.45) is 0 Å². The van der Waals surface area contributed by atoms with Gasteiger partial charge in [0.2, 0.25) is 0 Å². The van der Waals surface area contributed by atoms with E-state index in [0.717, 1.165) is 44.1 Å². The summed E-state index contributed by atoms with van der Waals surface area (Å²) in [6.07, 6.45) is 5.61. The Morgan fingerprint density at radius 1 is 1.24 bits per heavy atom. The second kappa shape index (κ2) is 6.84. The second-order valence-corrected chi connectivity index (χ2v) is 8.32. The molecule has 0 spiro atoms. The number of anilines is 4. The van der Waals surface area contributed by atoms with E-state index in [1.807, 2.05) is 0 Å². The van der Waals surface area contributed by atoms with Crippen molar-refractivity contribution >= 4 is 29.2 Å². The van der Waals surface area contributed by atoms with E-state index in [-0.39, 0.29) is 17.7 Å². The topological polar surface area (TPSA) is 86.7 Å². The number of hydrogen-bond donors (Lipinski definition) is 1.